The number of nitrogens with zero attached hydrogens (tertiary/aromatic N) is 1. The normalized spacial score (nSPS) is 12.0. The topological polar surface area (TPSA) is 80.2 Å². The number of amidine groups is 1. The number of aliphatic hydroxyl groups is 1. The third-order valence-corrected chi connectivity index (χ3v) is 3.02. The van der Waals surface area contributed by atoms with Crippen molar-refractivity contribution >= 4 is 27.9 Å². The van der Waals surface area contributed by atoms with E-state index in [9.17, 15) is 4.79 Å². The Labute approximate surface area is 138 Å². The summed E-state index contributed by atoms with van der Waals surface area (Å²) in [4.78, 5) is 15.9. The number of nitrogens with one attached hydrogen (secondary N) is 1. The van der Waals surface area contributed by atoms with E-state index in [1.54, 1.807) is 33.8 Å². The first-order valence-corrected chi connectivity index (χ1v) is 7.53. The zero-order chi connectivity index (χ0) is 16.8. The van der Waals surface area contributed by atoms with Crippen LogP contribution in [0, 0.1) is 0 Å². The van der Waals surface area contributed by atoms with Crippen LogP contribution < -0.4 is 10.1 Å². The first-order chi connectivity index (χ1) is 10.2. The van der Waals surface area contributed by atoms with Crippen molar-refractivity contribution in [3.8, 4) is 5.75 Å². The zero-order valence-electron chi connectivity index (χ0n) is 13.1. The van der Waals surface area contributed by atoms with Gasteiger partial charge < -0.3 is 14.6 Å². The molecule has 1 aromatic rings. The Kier molecular flexibility index (Phi) is 6.83. The summed E-state index contributed by atoms with van der Waals surface area (Å²) >= 11 is 3.35. The molecule has 6 nitrogen and oxygen atoms in total. The summed E-state index contributed by atoms with van der Waals surface area (Å²) in [7, 11) is 0. The highest BCUT2D eigenvalue weighted by Crippen LogP contribution is 2.26. The van der Waals surface area contributed by atoms with E-state index < -0.39 is 11.7 Å². The van der Waals surface area contributed by atoms with Gasteiger partial charge in [-0.25, -0.2) is 4.79 Å². The van der Waals surface area contributed by atoms with Crippen molar-refractivity contribution < 1.29 is 19.4 Å². The van der Waals surface area contributed by atoms with Crippen LogP contribution in [0.3, 0.4) is 0 Å². The summed E-state index contributed by atoms with van der Waals surface area (Å²) in [6.45, 7) is 7.11. The fourth-order valence-electron chi connectivity index (χ4n) is 1.53. The van der Waals surface area contributed by atoms with Gasteiger partial charge in [-0.1, -0.05) is 6.07 Å². The van der Waals surface area contributed by atoms with Gasteiger partial charge in [0.25, 0.3) is 0 Å². The maximum Gasteiger partial charge on any atom is 0.413 e. The Hall–Kier alpha value is -1.60. The largest absolute Gasteiger partial charge is 0.467 e. The number of alkyl carbamates (subject to hydrolysis) is 1. The van der Waals surface area contributed by atoms with Crippen molar-refractivity contribution in [3.63, 3.8) is 0 Å². The van der Waals surface area contributed by atoms with Crippen LogP contribution in [-0.4, -0.2) is 29.4 Å². The summed E-state index contributed by atoms with van der Waals surface area (Å²) in [6.07, 6.45) is -0.526. The number of halogens is 1. The van der Waals surface area contributed by atoms with Crippen molar-refractivity contribution in [2.24, 2.45) is 4.99 Å². The third-order valence-electron chi connectivity index (χ3n) is 2.40. The van der Waals surface area contributed by atoms with E-state index in [4.69, 9.17) is 14.6 Å². The van der Waals surface area contributed by atoms with E-state index in [0.717, 1.165) is 10.0 Å². The van der Waals surface area contributed by atoms with E-state index in [0.29, 0.717) is 18.1 Å². The van der Waals surface area contributed by atoms with Gasteiger partial charge in [0.15, 0.2) is 6.79 Å². The molecule has 0 saturated heterocycles. The Morgan fingerprint density at radius 1 is 1.41 bits per heavy atom. The molecule has 0 bridgehead atoms. The van der Waals surface area contributed by atoms with Gasteiger partial charge in [-0.3, -0.25) is 10.3 Å². The number of aliphatic imine (C=N–C) groups is 1. The average Bonchev–Trinajstić information content (AvgIpc) is 2.37. The first kappa shape index (κ1) is 18.4. The molecular formula is C15H21BrN2O4. The number of hydrogen-bond donors (Lipinski definition) is 2. The van der Waals surface area contributed by atoms with Gasteiger partial charge in [0.05, 0.1) is 11.0 Å². The molecule has 0 aliphatic carbocycles. The monoisotopic (exact) mass is 372 g/mol. The molecule has 0 saturated carbocycles. The molecule has 1 amide bonds. The van der Waals surface area contributed by atoms with Gasteiger partial charge in [-0.15, -0.1) is 0 Å². The smallest absolute Gasteiger partial charge is 0.413 e. The van der Waals surface area contributed by atoms with Gasteiger partial charge in [0, 0.05) is 0 Å². The molecule has 0 atom stereocenters. The number of hydrogen-bond acceptors (Lipinski definition) is 5. The van der Waals surface area contributed by atoms with Gasteiger partial charge in [-0.05, 0) is 61.3 Å². The Bertz CT molecular complexity index is 553. The number of ether oxygens (including phenoxy) is 2. The second-order valence-electron chi connectivity index (χ2n) is 5.57. The minimum absolute atomic E-state index is 0.380. The van der Waals surface area contributed by atoms with E-state index in [-0.39, 0.29) is 6.79 Å². The van der Waals surface area contributed by atoms with Gasteiger partial charge in [0.2, 0.25) is 0 Å². The molecule has 1 rings (SSSR count). The van der Waals surface area contributed by atoms with Gasteiger partial charge in [0.1, 0.15) is 17.2 Å². The molecule has 7 heteroatoms. The maximum atomic E-state index is 11.6. The molecule has 22 heavy (non-hydrogen) atoms. The number of rotatable bonds is 4. The second kappa shape index (κ2) is 8.14. The Morgan fingerprint density at radius 2 is 2.09 bits per heavy atom. The van der Waals surface area contributed by atoms with Crippen LogP contribution in [0.25, 0.3) is 0 Å². The summed E-state index contributed by atoms with van der Waals surface area (Å²) in [5.74, 6) is 1.03. The lowest BCUT2D eigenvalue weighted by Gasteiger charge is -2.19. The summed E-state index contributed by atoms with van der Waals surface area (Å²) in [5.41, 5.74) is 0.389. The third kappa shape index (κ3) is 6.91. The highest BCUT2D eigenvalue weighted by molar-refractivity contribution is 9.10. The molecule has 1 aromatic carbocycles. The Balaban J connectivity index is 2.60. The highest BCUT2D eigenvalue weighted by atomic mass is 79.9. The van der Waals surface area contributed by atoms with Crippen LogP contribution in [0.5, 0.6) is 5.75 Å². The molecule has 2 N–H and O–H groups in total. The predicted octanol–water partition coefficient (Wildman–Crippen LogP) is 3.22. The molecule has 0 unspecified atom stereocenters. The summed E-state index contributed by atoms with van der Waals surface area (Å²) in [5, 5.41) is 11.3. The molecule has 0 aromatic heterocycles. The minimum Gasteiger partial charge on any atom is -0.467 e. The quantitative estimate of drug-likeness (QED) is 0.483. The van der Waals surface area contributed by atoms with Crippen LogP contribution in [0.2, 0.25) is 0 Å². The molecular weight excluding hydrogens is 352 g/mol. The van der Waals surface area contributed by atoms with Crippen molar-refractivity contribution in [1.82, 2.24) is 5.32 Å². The van der Waals surface area contributed by atoms with Crippen LogP contribution in [0.4, 0.5) is 4.79 Å². The van der Waals surface area contributed by atoms with Crippen LogP contribution >= 0.6 is 15.9 Å². The molecule has 122 valence electrons. The van der Waals surface area contributed by atoms with E-state index in [1.807, 2.05) is 12.1 Å². The van der Waals surface area contributed by atoms with E-state index >= 15 is 0 Å². The fraction of sp³-hybridized carbons (Fsp3) is 0.467. The number of amides is 1. The predicted molar refractivity (Wildman–Crippen MR) is 88.0 cm³/mol. The van der Waals surface area contributed by atoms with E-state index in [2.05, 4.69) is 26.2 Å². The summed E-state index contributed by atoms with van der Waals surface area (Å²) in [6, 6.07) is 5.41. The maximum absolute atomic E-state index is 11.6. The molecule has 0 heterocycles. The van der Waals surface area contributed by atoms with Crippen LogP contribution in [-0.2, 0) is 11.3 Å². The van der Waals surface area contributed by atoms with Gasteiger partial charge >= 0.3 is 6.09 Å². The highest BCUT2D eigenvalue weighted by Gasteiger charge is 2.16. The second-order valence-corrected chi connectivity index (χ2v) is 6.42. The zero-order valence-corrected chi connectivity index (χ0v) is 14.7. The number of aliphatic hydroxyl groups excluding tert-OH is 1. The number of carbonyl (C=O) groups excluding carboxylic acids is 1. The molecule has 0 radical (unpaired) electrons. The van der Waals surface area contributed by atoms with Crippen molar-refractivity contribution in [3.05, 3.63) is 28.2 Å². The number of carbonyl (C=O) groups is 1. The van der Waals surface area contributed by atoms with E-state index in [1.165, 1.54) is 0 Å². The molecule has 0 aliphatic heterocycles. The van der Waals surface area contributed by atoms with Crippen molar-refractivity contribution in [1.29, 1.82) is 0 Å². The van der Waals surface area contributed by atoms with Crippen molar-refractivity contribution in [2.45, 2.75) is 39.8 Å². The Morgan fingerprint density at radius 3 is 2.64 bits per heavy atom. The standard InChI is InChI=1S/C15H21BrN2O4/c1-10(18-14(20)22-15(2,3)4)17-8-11-5-6-13(21-9-19)12(16)7-11/h5-7,19H,8-9H2,1-4H3,(H,17,18,20). The molecule has 0 fully saturated rings. The molecule has 0 spiro atoms. The average molecular weight is 373 g/mol. The SMILES string of the molecule is CC(=NCc1ccc(OCO)c(Br)c1)NC(=O)OC(C)(C)C. The molecule has 0 aliphatic rings. The lowest BCUT2D eigenvalue weighted by atomic mass is 10.2. The fourth-order valence-corrected chi connectivity index (χ4v) is 2.07. The van der Waals surface area contributed by atoms with Gasteiger partial charge in [-0.2, -0.15) is 0 Å². The first-order valence-electron chi connectivity index (χ1n) is 6.74. The summed E-state index contributed by atoms with van der Waals surface area (Å²) < 4.78 is 10.9. The minimum atomic E-state index is -0.544. The number of benzene rings is 1. The van der Waals surface area contributed by atoms with Crippen LogP contribution in [0.1, 0.15) is 33.3 Å². The lowest BCUT2D eigenvalue weighted by Crippen LogP contribution is -2.35. The van der Waals surface area contributed by atoms with Crippen LogP contribution in [0.15, 0.2) is 27.7 Å². The van der Waals surface area contributed by atoms with Crippen molar-refractivity contribution in [2.75, 3.05) is 6.79 Å². The lowest BCUT2D eigenvalue weighted by molar-refractivity contribution is 0.0562.